The van der Waals surface area contributed by atoms with Gasteiger partial charge in [0.15, 0.2) is 0 Å². The van der Waals surface area contributed by atoms with Gasteiger partial charge in [-0.1, -0.05) is 17.7 Å². The standard InChI is InChI=1S/C18H22ClN3O2/c1-10-4-5-14(8-17(10)19)22-12(3)16(11(2)21-22)9-18(24)20-13-6-15(23)7-13/h4-5,8,13,15,23H,6-7,9H2,1-3H3,(H,20,24). The van der Waals surface area contributed by atoms with Crippen LogP contribution in [-0.2, 0) is 11.2 Å². The van der Waals surface area contributed by atoms with Gasteiger partial charge in [-0.3, -0.25) is 4.79 Å². The normalized spacial score (nSPS) is 19.9. The summed E-state index contributed by atoms with van der Waals surface area (Å²) < 4.78 is 1.83. The zero-order valence-electron chi connectivity index (χ0n) is 14.1. The number of aliphatic hydroxyl groups excluding tert-OH is 1. The maximum Gasteiger partial charge on any atom is 0.224 e. The first-order valence-corrected chi connectivity index (χ1v) is 8.52. The number of aryl methyl sites for hydroxylation is 2. The molecule has 1 aromatic carbocycles. The molecule has 1 fully saturated rings. The highest BCUT2D eigenvalue weighted by molar-refractivity contribution is 6.31. The average Bonchev–Trinajstić information content (AvgIpc) is 2.77. The number of nitrogens with one attached hydrogen (secondary N) is 1. The van der Waals surface area contributed by atoms with Gasteiger partial charge in [-0.25, -0.2) is 4.68 Å². The number of nitrogens with zero attached hydrogens (tertiary/aromatic N) is 2. The average molecular weight is 348 g/mol. The summed E-state index contributed by atoms with van der Waals surface area (Å²) in [4.78, 5) is 12.2. The Kier molecular flexibility index (Phi) is 4.65. The number of rotatable bonds is 4. The van der Waals surface area contributed by atoms with E-state index in [2.05, 4.69) is 10.4 Å². The van der Waals surface area contributed by atoms with Gasteiger partial charge < -0.3 is 10.4 Å². The van der Waals surface area contributed by atoms with Crippen LogP contribution in [0.4, 0.5) is 0 Å². The predicted octanol–water partition coefficient (Wildman–Crippen LogP) is 2.63. The van der Waals surface area contributed by atoms with Crippen molar-refractivity contribution < 1.29 is 9.90 Å². The van der Waals surface area contributed by atoms with Gasteiger partial charge in [0.25, 0.3) is 0 Å². The van der Waals surface area contributed by atoms with E-state index in [0.717, 1.165) is 28.2 Å². The van der Waals surface area contributed by atoms with Crippen molar-refractivity contribution in [3.05, 3.63) is 45.7 Å². The Balaban J connectivity index is 1.78. The van der Waals surface area contributed by atoms with Crippen molar-refractivity contribution in [2.45, 2.75) is 52.2 Å². The van der Waals surface area contributed by atoms with Crippen molar-refractivity contribution in [2.75, 3.05) is 0 Å². The fraction of sp³-hybridized carbons (Fsp3) is 0.444. The Hall–Kier alpha value is -1.85. The van der Waals surface area contributed by atoms with Crippen molar-refractivity contribution >= 4 is 17.5 Å². The van der Waals surface area contributed by atoms with Crippen molar-refractivity contribution in [1.82, 2.24) is 15.1 Å². The van der Waals surface area contributed by atoms with Crippen LogP contribution in [0.25, 0.3) is 5.69 Å². The molecule has 3 rings (SSSR count). The van der Waals surface area contributed by atoms with Gasteiger partial charge in [-0.2, -0.15) is 5.10 Å². The van der Waals surface area contributed by atoms with E-state index in [4.69, 9.17) is 11.6 Å². The van der Waals surface area contributed by atoms with Crippen LogP contribution in [0.15, 0.2) is 18.2 Å². The van der Waals surface area contributed by atoms with Crippen LogP contribution in [0.1, 0.15) is 35.4 Å². The van der Waals surface area contributed by atoms with Crippen molar-refractivity contribution in [3.63, 3.8) is 0 Å². The van der Waals surface area contributed by atoms with E-state index >= 15 is 0 Å². The second-order valence-corrected chi connectivity index (χ2v) is 6.97. The first-order valence-electron chi connectivity index (χ1n) is 8.14. The molecule has 0 radical (unpaired) electrons. The first kappa shape index (κ1) is 17.0. The number of aromatic nitrogens is 2. The molecule has 1 aliphatic rings. The molecule has 2 aromatic rings. The summed E-state index contributed by atoms with van der Waals surface area (Å²) in [6.45, 7) is 5.83. The van der Waals surface area contributed by atoms with E-state index in [9.17, 15) is 9.90 Å². The van der Waals surface area contributed by atoms with Gasteiger partial charge in [0.2, 0.25) is 5.91 Å². The number of hydrogen-bond acceptors (Lipinski definition) is 3. The molecule has 1 amide bonds. The molecule has 1 aliphatic carbocycles. The molecular formula is C18H22ClN3O2. The van der Waals surface area contributed by atoms with E-state index in [-0.39, 0.29) is 18.1 Å². The van der Waals surface area contributed by atoms with Gasteiger partial charge in [0.1, 0.15) is 0 Å². The summed E-state index contributed by atoms with van der Waals surface area (Å²) in [5.74, 6) is -0.0282. The lowest BCUT2D eigenvalue weighted by atomic mass is 9.89. The van der Waals surface area contributed by atoms with Crippen LogP contribution >= 0.6 is 11.6 Å². The molecule has 1 saturated carbocycles. The highest BCUT2D eigenvalue weighted by atomic mass is 35.5. The monoisotopic (exact) mass is 347 g/mol. The number of hydrogen-bond donors (Lipinski definition) is 2. The van der Waals surface area contributed by atoms with Crippen LogP contribution in [0.2, 0.25) is 5.02 Å². The van der Waals surface area contributed by atoms with Crippen LogP contribution in [0.3, 0.4) is 0 Å². The molecule has 2 N–H and O–H groups in total. The molecule has 0 saturated heterocycles. The van der Waals surface area contributed by atoms with E-state index in [0.29, 0.717) is 24.3 Å². The smallest absolute Gasteiger partial charge is 0.224 e. The van der Waals surface area contributed by atoms with Crippen molar-refractivity contribution in [1.29, 1.82) is 0 Å². The molecule has 6 heteroatoms. The number of halogens is 1. The fourth-order valence-electron chi connectivity index (χ4n) is 3.04. The summed E-state index contributed by atoms with van der Waals surface area (Å²) in [5, 5.41) is 17.5. The Morgan fingerprint density at radius 1 is 1.38 bits per heavy atom. The van der Waals surface area contributed by atoms with Gasteiger partial charge in [0, 0.05) is 22.3 Å². The van der Waals surface area contributed by atoms with Gasteiger partial charge >= 0.3 is 0 Å². The largest absolute Gasteiger partial charge is 0.393 e. The lowest BCUT2D eigenvalue weighted by Crippen LogP contribution is -2.47. The second-order valence-electron chi connectivity index (χ2n) is 6.56. The molecule has 1 heterocycles. The molecule has 5 nitrogen and oxygen atoms in total. The van der Waals surface area contributed by atoms with E-state index in [1.54, 1.807) is 0 Å². The van der Waals surface area contributed by atoms with Crippen LogP contribution < -0.4 is 5.32 Å². The number of carbonyl (C=O) groups is 1. The lowest BCUT2D eigenvalue weighted by Gasteiger charge is -2.31. The molecule has 0 bridgehead atoms. The molecule has 128 valence electrons. The molecular weight excluding hydrogens is 326 g/mol. The van der Waals surface area contributed by atoms with Crippen molar-refractivity contribution in [2.24, 2.45) is 0 Å². The Morgan fingerprint density at radius 3 is 2.71 bits per heavy atom. The molecule has 1 aromatic heterocycles. The highest BCUT2D eigenvalue weighted by Gasteiger charge is 2.28. The van der Waals surface area contributed by atoms with Gasteiger partial charge in [0.05, 0.1) is 23.9 Å². The molecule has 0 unspecified atom stereocenters. The fourth-order valence-corrected chi connectivity index (χ4v) is 3.22. The predicted molar refractivity (Wildman–Crippen MR) is 93.7 cm³/mol. The third-order valence-corrected chi connectivity index (χ3v) is 5.06. The maximum absolute atomic E-state index is 12.2. The molecule has 24 heavy (non-hydrogen) atoms. The maximum atomic E-state index is 12.2. The Labute approximate surface area is 146 Å². The summed E-state index contributed by atoms with van der Waals surface area (Å²) in [6.07, 6.45) is 1.31. The summed E-state index contributed by atoms with van der Waals surface area (Å²) in [5.41, 5.74) is 4.62. The third kappa shape index (κ3) is 3.32. The van der Waals surface area contributed by atoms with E-state index in [1.807, 2.05) is 43.7 Å². The van der Waals surface area contributed by atoms with Gasteiger partial charge in [-0.15, -0.1) is 0 Å². The zero-order valence-corrected chi connectivity index (χ0v) is 14.9. The van der Waals surface area contributed by atoms with Crippen molar-refractivity contribution in [3.8, 4) is 5.69 Å². The minimum Gasteiger partial charge on any atom is -0.393 e. The first-order chi connectivity index (χ1) is 11.3. The highest BCUT2D eigenvalue weighted by Crippen LogP contribution is 2.24. The quantitative estimate of drug-likeness (QED) is 0.893. The minimum atomic E-state index is -0.271. The third-order valence-electron chi connectivity index (χ3n) is 4.66. The second kappa shape index (κ2) is 6.57. The van der Waals surface area contributed by atoms with Crippen LogP contribution in [-0.4, -0.2) is 32.9 Å². The lowest BCUT2D eigenvalue weighted by molar-refractivity contribution is -0.122. The molecule has 0 aliphatic heterocycles. The topological polar surface area (TPSA) is 67.2 Å². The minimum absolute atomic E-state index is 0.0282. The number of amides is 1. The Bertz CT molecular complexity index is 779. The molecule has 0 spiro atoms. The van der Waals surface area contributed by atoms with Crippen LogP contribution in [0, 0.1) is 20.8 Å². The summed E-state index contributed by atoms with van der Waals surface area (Å²) in [6, 6.07) is 5.91. The zero-order chi connectivity index (χ0) is 17.4. The van der Waals surface area contributed by atoms with Crippen LogP contribution in [0.5, 0.6) is 0 Å². The summed E-state index contributed by atoms with van der Waals surface area (Å²) in [7, 11) is 0. The SMILES string of the molecule is Cc1ccc(-n2nc(C)c(CC(=O)NC3CC(O)C3)c2C)cc1Cl. The summed E-state index contributed by atoms with van der Waals surface area (Å²) >= 11 is 6.21. The number of benzene rings is 1. The van der Waals surface area contributed by atoms with Gasteiger partial charge in [-0.05, 0) is 51.3 Å². The number of carbonyl (C=O) groups excluding carboxylic acids is 1. The molecule has 0 atom stereocenters. The number of aliphatic hydroxyl groups is 1. The van der Waals surface area contributed by atoms with E-state index in [1.165, 1.54) is 0 Å². The Morgan fingerprint density at radius 2 is 2.08 bits per heavy atom. The van der Waals surface area contributed by atoms with E-state index < -0.39 is 0 Å².